The first-order valence-corrected chi connectivity index (χ1v) is 7.55. The molecule has 3 aliphatic heterocycles. The van der Waals surface area contributed by atoms with Crippen LogP contribution in [-0.4, -0.2) is 54.8 Å². The zero-order chi connectivity index (χ0) is 15.9. The molecule has 1 amide bonds. The first-order chi connectivity index (χ1) is 10.6. The normalized spacial score (nSPS) is 38.6. The van der Waals surface area contributed by atoms with Crippen molar-refractivity contribution in [3.05, 3.63) is 24.8 Å². The Balaban J connectivity index is 1.92. The third-order valence-corrected chi connectivity index (χ3v) is 4.94. The molecule has 3 heterocycles. The summed E-state index contributed by atoms with van der Waals surface area (Å²) < 4.78 is 11.0. The molecule has 1 spiro atoms. The lowest BCUT2D eigenvalue weighted by Crippen LogP contribution is -2.46. The molecule has 22 heavy (non-hydrogen) atoms. The third kappa shape index (κ3) is 1.94. The molecule has 0 aliphatic carbocycles. The van der Waals surface area contributed by atoms with Crippen LogP contribution in [0.1, 0.15) is 12.8 Å². The van der Waals surface area contributed by atoms with E-state index in [1.807, 2.05) is 6.08 Å². The van der Waals surface area contributed by atoms with E-state index in [4.69, 9.17) is 9.47 Å². The number of carboxylic acids is 1. The molecule has 2 saturated heterocycles. The highest BCUT2D eigenvalue weighted by Crippen LogP contribution is 2.55. The van der Waals surface area contributed by atoms with Gasteiger partial charge in [0.2, 0.25) is 5.91 Å². The average molecular weight is 306 g/mol. The molecule has 0 N–H and O–H groups in total. The van der Waals surface area contributed by atoms with E-state index in [2.05, 4.69) is 6.58 Å². The molecule has 0 saturated carbocycles. The molecule has 5 atom stereocenters. The highest BCUT2D eigenvalue weighted by Gasteiger charge is 2.69. The van der Waals surface area contributed by atoms with Gasteiger partial charge in [-0.1, -0.05) is 18.2 Å². The lowest BCUT2D eigenvalue weighted by Gasteiger charge is -2.32. The van der Waals surface area contributed by atoms with Crippen molar-refractivity contribution in [2.24, 2.45) is 11.8 Å². The van der Waals surface area contributed by atoms with Gasteiger partial charge in [-0.3, -0.25) is 4.79 Å². The first-order valence-electron chi connectivity index (χ1n) is 7.55. The van der Waals surface area contributed by atoms with Crippen LogP contribution in [0.3, 0.4) is 0 Å². The third-order valence-electron chi connectivity index (χ3n) is 4.94. The number of aliphatic carboxylic acids is 1. The van der Waals surface area contributed by atoms with Crippen LogP contribution < -0.4 is 5.11 Å². The van der Waals surface area contributed by atoms with Gasteiger partial charge in [-0.25, -0.2) is 0 Å². The molecule has 2 fully saturated rings. The smallest absolute Gasteiger partial charge is 0.230 e. The number of rotatable bonds is 7. The molecule has 120 valence electrons. The molecule has 3 aliphatic rings. The molecule has 2 bridgehead atoms. The molecule has 0 aromatic carbocycles. The number of carbonyl (C=O) groups is 2. The number of hydrogen-bond acceptors (Lipinski definition) is 5. The summed E-state index contributed by atoms with van der Waals surface area (Å²) in [6, 6.07) is -0.218. The second kappa shape index (κ2) is 5.52. The van der Waals surface area contributed by atoms with Crippen LogP contribution in [-0.2, 0) is 19.1 Å². The second-order valence-corrected chi connectivity index (χ2v) is 6.04. The lowest BCUT2D eigenvalue weighted by molar-refractivity contribution is -0.313. The van der Waals surface area contributed by atoms with E-state index in [9.17, 15) is 14.7 Å². The summed E-state index contributed by atoms with van der Waals surface area (Å²) in [6.07, 6.45) is 6.05. The van der Waals surface area contributed by atoms with Crippen molar-refractivity contribution in [3.8, 4) is 0 Å². The molecule has 0 aromatic heterocycles. The Morgan fingerprint density at radius 1 is 1.64 bits per heavy atom. The number of nitrogens with zero attached hydrogens (tertiary/aromatic N) is 1. The van der Waals surface area contributed by atoms with Crippen molar-refractivity contribution < 1.29 is 24.2 Å². The minimum Gasteiger partial charge on any atom is -0.550 e. The molecule has 6 heteroatoms. The number of methoxy groups -OCH3 is 1. The summed E-state index contributed by atoms with van der Waals surface area (Å²) in [4.78, 5) is 26.0. The molecule has 3 rings (SSSR count). The Hall–Kier alpha value is -1.66. The van der Waals surface area contributed by atoms with Gasteiger partial charge in [0.15, 0.2) is 0 Å². The zero-order valence-electron chi connectivity index (χ0n) is 12.6. The Labute approximate surface area is 129 Å². The van der Waals surface area contributed by atoms with E-state index in [0.29, 0.717) is 26.0 Å². The van der Waals surface area contributed by atoms with Crippen LogP contribution in [0.5, 0.6) is 0 Å². The Bertz CT molecular complexity index is 531. The molecule has 0 aromatic rings. The number of fused-ring (bicyclic) bond motifs is 1. The number of hydrogen-bond donors (Lipinski definition) is 0. The van der Waals surface area contributed by atoms with Crippen LogP contribution in [0, 0.1) is 11.8 Å². The number of amides is 1. The highest BCUT2D eigenvalue weighted by molar-refractivity contribution is 5.91. The average Bonchev–Trinajstić information content (AvgIpc) is 3.11. The van der Waals surface area contributed by atoms with Crippen LogP contribution in [0.2, 0.25) is 0 Å². The summed E-state index contributed by atoms with van der Waals surface area (Å²) in [6.45, 7) is 4.82. The Morgan fingerprint density at radius 3 is 3.05 bits per heavy atom. The maximum Gasteiger partial charge on any atom is 0.230 e. The van der Waals surface area contributed by atoms with Gasteiger partial charge in [0.1, 0.15) is 5.60 Å². The SMILES string of the molecule is C=CC[C@@H]1N(CCCOC)C(=O)[C@H]2[C@H](C(=O)[O-])[C@@H]3C=C[C@]12O3. The van der Waals surface area contributed by atoms with E-state index in [1.54, 1.807) is 24.2 Å². The van der Waals surface area contributed by atoms with E-state index in [-0.39, 0.29) is 11.9 Å². The van der Waals surface area contributed by atoms with Gasteiger partial charge in [-0.2, -0.15) is 0 Å². The Kier molecular flexibility index (Phi) is 3.82. The first kappa shape index (κ1) is 15.2. The second-order valence-electron chi connectivity index (χ2n) is 6.04. The standard InChI is InChI=1S/C16H21NO5/c1-3-5-11-16-7-6-10(22-16)12(15(19)20)13(16)14(18)17(11)8-4-9-21-2/h3,6-7,10-13H,1,4-5,8-9H2,2H3,(H,19,20)/p-1/t10-,11-,12+,13+,16-/m0/s1. The summed E-state index contributed by atoms with van der Waals surface area (Å²) >= 11 is 0. The predicted molar refractivity (Wildman–Crippen MR) is 75.5 cm³/mol. The monoisotopic (exact) mass is 306 g/mol. The molecular weight excluding hydrogens is 286 g/mol. The Morgan fingerprint density at radius 2 is 2.41 bits per heavy atom. The van der Waals surface area contributed by atoms with Crippen molar-refractivity contribution in [1.29, 1.82) is 0 Å². The van der Waals surface area contributed by atoms with Crippen molar-refractivity contribution in [2.75, 3.05) is 20.3 Å². The maximum atomic E-state index is 12.8. The number of carboxylic acid groups (broad SMARTS) is 1. The van der Waals surface area contributed by atoms with Crippen LogP contribution in [0.4, 0.5) is 0 Å². The summed E-state index contributed by atoms with van der Waals surface area (Å²) in [5, 5.41) is 11.5. The van der Waals surface area contributed by atoms with E-state index in [1.165, 1.54) is 0 Å². The number of ether oxygens (including phenoxy) is 2. The largest absolute Gasteiger partial charge is 0.550 e. The minimum absolute atomic E-state index is 0.163. The molecule has 0 unspecified atom stereocenters. The fourth-order valence-electron chi connectivity index (χ4n) is 4.10. The highest BCUT2D eigenvalue weighted by atomic mass is 16.5. The van der Waals surface area contributed by atoms with E-state index in [0.717, 1.165) is 0 Å². The predicted octanol–water partition coefficient (Wildman–Crippen LogP) is -0.500. The zero-order valence-corrected chi connectivity index (χ0v) is 12.6. The van der Waals surface area contributed by atoms with Gasteiger partial charge in [0.05, 0.1) is 18.1 Å². The summed E-state index contributed by atoms with van der Waals surface area (Å²) in [5.41, 5.74) is -0.853. The van der Waals surface area contributed by atoms with Gasteiger partial charge in [0.25, 0.3) is 0 Å². The van der Waals surface area contributed by atoms with Crippen LogP contribution in [0.25, 0.3) is 0 Å². The van der Waals surface area contributed by atoms with Crippen molar-refractivity contribution in [1.82, 2.24) is 4.90 Å². The topological polar surface area (TPSA) is 78.9 Å². The van der Waals surface area contributed by atoms with E-state index < -0.39 is 29.5 Å². The fraction of sp³-hybridized carbons (Fsp3) is 0.625. The van der Waals surface area contributed by atoms with Crippen molar-refractivity contribution in [3.63, 3.8) is 0 Å². The maximum absolute atomic E-state index is 12.8. The summed E-state index contributed by atoms with van der Waals surface area (Å²) in [7, 11) is 1.61. The summed E-state index contributed by atoms with van der Waals surface area (Å²) in [5.74, 6) is -2.98. The van der Waals surface area contributed by atoms with Crippen LogP contribution in [0.15, 0.2) is 24.8 Å². The van der Waals surface area contributed by atoms with E-state index >= 15 is 0 Å². The van der Waals surface area contributed by atoms with Crippen LogP contribution >= 0.6 is 0 Å². The molecular formula is C16H20NO5-. The lowest BCUT2D eigenvalue weighted by atomic mass is 9.74. The number of carbonyl (C=O) groups excluding carboxylic acids is 2. The minimum atomic E-state index is -1.22. The molecule has 6 nitrogen and oxygen atoms in total. The van der Waals surface area contributed by atoms with Crippen molar-refractivity contribution >= 4 is 11.9 Å². The van der Waals surface area contributed by atoms with Gasteiger partial charge in [-0.15, -0.1) is 6.58 Å². The van der Waals surface area contributed by atoms with Gasteiger partial charge in [-0.05, 0) is 12.8 Å². The van der Waals surface area contributed by atoms with Gasteiger partial charge >= 0.3 is 0 Å². The van der Waals surface area contributed by atoms with Crippen molar-refractivity contribution in [2.45, 2.75) is 30.6 Å². The fourth-order valence-corrected chi connectivity index (χ4v) is 4.10. The van der Waals surface area contributed by atoms with Gasteiger partial charge in [0, 0.05) is 32.1 Å². The number of likely N-dealkylation sites (tertiary alicyclic amines) is 1. The van der Waals surface area contributed by atoms with Gasteiger partial charge < -0.3 is 24.3 Å². The quantitative estimate of drug-likeness (QED) is 0.468. The molecule has 0 radical (unpaired) electrons.